The Morgan fingerprint density at radius 1 is 1.17 bits per heavy atom. The number of fused-ring (bicyclic) bond motifs is 2. The van der Waals surface area contributed by atoms with Crippen molar-refractivity contribution in [1.29, 1.82) is 0 Å². The van der Waals surface area contributed by atoms with Gasteiger partial charge in [-0.1, -0.05) is 0 Å². The Morgan fingerprint density at radius 2 is 1.94 bits per heavy atom. The molecule has 0 spiro atoms. The lowest BCUT2D eigenvalue weighted by Gasteiger charge is -2.37. The van der Waals surface area contributed by atoms with Crippen LogP contribution in [0, 0.1) is 5.92 Å². The minimum atomic E-state index is -0.591. The Balaban J connectivity index is 1.71. The zero-order valence-electron chi connectivity index (χ0n) is 11.0. The molecular formula is C14H23NO3. The van der Waals surface area contributed by atoms with E-state index in [1.54, 1.807) is 7.11 Å². The minimum absolute atomic E-state index is 0.119. The summed E-state index contributed by atoms with van der Waals surface area (Å²) in [6.07, 6.45) is 8.23. The Labute approximate surface area is 108 Å². The summed E-state index contributed by atoms with van der Waals surface area (Å²) in [4.78, 5) is 13.8. The van der Waals surface area contributed by atoms with E-state index in [1.165, 1.54) is 25.7 Å². The van der Waals surface area contributed by atoms with Gasteiger partial charge in [0.2, 0.25) is 0 Å². The van der Waals surface area contributed by atoms with Gasteiger partial charge in [-0.15, -0.1) is 0 Å². The van der Waals surface area contributed by atoms with Crippen LogP contribution in [0.4, 0.5) is 0 Å². The van der Waals surface area contributed by atoms with E-state index in [4.69, 9.17) is 4.74 Å². The second kappa shape index (κ2) is 4.82. The van der Waals surface area contributed by atoms with E-state index in [1.807, 2.05) is 0 Å². The van der Waals surface area contributed by atoms with Crippen molar-refractivity contribution in [3.63, 3.8) is 0 Å². The predicted molar refractivity (Wildman–Crippen MR) is 67.4 cm³/mol. The fourth-order valence-corrected chi connectivity index (χ4v) is 4.47. The summed E-state index contributed by atoms with van der Waals surface area (Å²) in [6.45, 7) is 0. The van der Waals surface area contributed by atoms with Crippen LogP contribution in [0.1, 0.15) is 44.9 Å². The summed E-state index contributed by atoms with van der Waals surface area (Å²) >= 11 is 0. The first-order valence-electron chi connectivity index (χ1n) is 7.23. The van der Waals surface area contributed by atoms with Gasteiger partial charge in [-0.05, 0) is 44.9 Å². The highest BCUT2D eigenvalue weighted by molar-refractivity contribution is 5.71. The third-order valence-electron chi connectivity index (χ3n) is 5.26. The molecule has 0 aromatic heterocycles. The highest BCUT2D eigenvalue weighted by atomic mass is 16.5. The summed E-state index contributed by atoms with van der Waals surface area (Å²) in [5, 5.41) is 9.30. The topological polar surface area (TPSA) is 49.8 Å². The zero-order valence-corrected chi connectivity index (χ0v) is 11.0. The third kappa shape index (κ3) is 1.95. The van der Waals surface area contributed by atoms with Gasteiger partial charge in [0, 0.05) is 25.2 Å². The van der Waals surface area contributed by atoms with Gasteiger partial charge < -0.3 is 9.84 Å². The van der Waals surface area contributed by atoms with Gasteiger partial charge >= 0.3 is 5.97 Å². The molecule has 0 aromatic carbocycles. The molecule has 2 aliphatic heterocycles. The summed E-state index contributed by atoms with van der Waals surface area (Å²) in [6, 6.07) is 1.38. The molecule has 102 valence electrons. The maximum Gasteiger partial charge on any atom is 0.308 e. The van der Waals surface area contributed by atoms with Crippen LogP contribution in [0.2, 0.25) is 0 Å². The van der Waals surface area contributed by atoms with E-state index in [0.717, 1.165) is 19.3 Å². The highest BCUT2D eigenvalue weighted by Gasteiger charge is 2.51. The van der Waals surface area contributed by atoms with Gasteiger partial charge in [-0.2, -0.15) is 0 Å². The van der Waals surface area contributed by atoms with Gasteiger partial charge in [-0.3, -0.25) is 9.69 Å². The quantitative estimate of drug-likeness (QED) is 0.834. The lowest BCUT2D eigenvalue weighted by atomic mass is 9.89. The van der Waals surface area contributed by atoms with Crippen LogP contribution in [0.15, 0.2) is 0 Å². The average Bonchev–Trinajstić information content (AvgIpc) is 2.96. The van der Waals surface area contributed by atoms with Crippen LogP contribution in [0.5, 0.6) is 0 Å². The molecular weight excluding hydrogens is 230 g/mol. The Kier molecular flexibility index (Phi) is 3.32. The van der Waals surface area contributed by atoms with Crippen molar-refractivity contribution in [1.82, 2.24) is 4.90 Å². The molecule has 1 N–H and O–H groups in total. The largest absolute Gasteiger partial charge is 0.481 e. The van der Waals surface area contributed by atoms with Gasteiger partial charge in [0.25, 0.3) is 0 Å². The van der Waals surface area contributed by atoms with Crippen LogP contribution in [-0.2, 0) is 9.53 Å². The maximum atomic E-state index is 11.3. The van der Waals surface area contributed by atoms with Gasteiger partial charge in [0.05, 0.1) is 12.0 Å². The SMILES string of the molecule is COC1CCCC(N2C3CCC2C(C(=O)O)C3)C1. The van der Waals surface area contributed by atoms with Crippen molar-refractivity contribution in [3.05, 3.63) is 0 Å². The molecule has 0 amide bonds. The van der Waals surface area contributed by atoms with Gasteiger partial charge in [0.1, 0.15) is 0 Å². The fourth-order valence-electron chi connectivity index (χ4n) is 4.47. The van der Waals surface area contributed by atoms with Crippen molar-refractivity contribution in [2.24, 2.45) is 5.92 Å². The Morgan fingerprint density at radius 3 is 2.61 bits per heavy atom. The fraction of sp³-hybridized carbons (Fsp3) is 0.929. The number of hydrogen-bond donors (Lipinski definition) is 1. The number of carboxylic acids is 1. The van der Waals surface area contributed by atoms with Crippen LogP contribution >= 0.6 is 0 Å². The molecule has 1 aliphatic carbocycles. The van der Waals surface area contributed by atoms with Crippen LogP contribution in [0.3, 0.4) is 0 Å². The molecule has 0 aromatic rings. The smallest absolute Gasteiger partial charge is 0.308 e. The normalized spacial score (nSPS) is 44.4. The molecule has 5 atom stereocenters. The molecule has 4 heteroatoms. The summed E-state index contributed by atoms with van der Waals surface area (Å²) < 4.78 is 5.50. The predicted octanol–water partition coefficient (Wildman–Crippen LogP) is 1.88. The van der Waals surface area contributed by atoms with E-state index in [2.05, 4.69) is 4.90 Å². The zero-order chi connectivity index (χ0) is 12.7. The van der Waals surface area contributed by atoms with Crippen molar-refractivity contribution < 1.29 is 14.6 Å². The number of carbonyl (C=O) groups is 1. The number of aliphatic carboxylic acids is 1. The second-order valence-corrected chi connectivity index (χ2v) is 6.10. The molecule has 3 rings (SSSR count). The highest BCUT2D eigenvalue weighted by Crippen LogP contribution is 2.45. The summed E-state index contributed by atoms with van der Waals surface area (Å²) in [5.41, 5.74) is 0. The second-order valence-electron chi connectivity index (χ2n) is 6.10. The monoisotopic (exact) mass is 253 g/mol. The third-order valence-corrected chi connectivity index (χ3v) is 5.26. The van der Waals surface area contributed by atoms with Crippen molar-refractivity contribution in [3.8, 4) is 0 Å². The van der Waals surface area contributed by atoms with Crippen LogP contribution < -0.4 is 0 Å². The van der Waals surface area contributed by atoms with Gasteiger partial charge in [-0.25, -0.2) is 0 Å². The van der Waals surface area contributed by atoms with E-state index in [-0.39, 0.29) is 5.92 Å². The Hall–Kier alpha value is -0.610. The van der Waals surface area contributed by atoms with E-state index in [0.29, 0.717) is 24.2 Å². The van der Waals surface area contributed by atoms with Crippen LogP contribution in [-0.4, -0.2) is 47.3 Å². The molecule has 5 unspecified atom stereocenters. The summed E-state index contributed by atoms with van der Waals surface area (Å²) in [5.74, 6) is -0.710. The first kappa shape index (κ1) is 12.4. The molecule has 3 aliphatic rings. The molecule has 4 nitrogen and oxygen atoms in total. The van der Waals surface area contributed by atoms with Gasteiger partial charge in [0.15, 0.2) is 0 Å². The maximum absolute atomic E-state index is 11.3. The minimum Gasteiger partial charge on any atom is -0.481 e. The summed E-state index contributed by atoms with van der Waals surface area (Å²) in [7, 11) is 1.80. The van der Waals surface area contributed by atoms with E-state index >= 15 is 0 Å². The van der Waals surface area contributed by atoms with Crippen molar-refractivity contribution in [2.45, 2.75) is 69.2 Å². The first-order chi connectivity index (χ1) is 8.70. The molecule has 2 heterocycles. The molecule has 18 heavy (non-hydrogen) atoms. The van der Waals surface area contributed by atoms with Crippen LogP contribution in [0.25, 0.3) is 0 Å². The number of hydrogen-bond acceptors (Lipinski definition) is 3. The molecule has 3 fully saturated rings. The number of ether oxygens (including phenoxy) is 1. The van der Waals surface area contributed by atoms with E-state index < -0.39 is 5.97 Å². The molecule has 2 bridgehead atoms. The van der Waals surface area contributed by atoms with Crippen molar-refractivity contribution >= 4 is 5.97 Å². The number of nitrogens with zero attached hydrogens (tertiary/aromatic N) is 1. The lowest BCUT2D eigenvalue weighted by molar-refractivity contribution is -0.142. The standard InChI is InChI=1S/C14H23NO3/c1-18-11-4-2-3-9(7-11)15-10-5-6-13(15)12(8-10)14(16)17/h9-13H,2-8H2,1H3,(H,16,17). The lowest BCUT2D eigenvalue weighted by Crippen LogP contribution is -2.44. The average molecular weight is 253 g/mol. The first-order valence-corrected chi connectivity index (χ1v) is 7.23. The number of methoxy groups -OCH3 is 1. The van der Waals surface area contributed by atoms with Crippen molar-refractivity contribution in [2.75, 3.05) is 7.11 Å². The molecule has 0 radical (unpaired) electrons. The van der Waals surface area contributed by atoms with E-state index in [9.17, 15) is 9.90 Å². The number of carboxylic acid groups (broad SMARTS) is 1. The number of rotatable bonds is 3. The Bertz CT molecular complexity index is 333. The molecule has 2 saturated heterocycles. The molecule has 1 saturated carbocycles.